The Kier molecular flexibility index (Phi) is 2.70. The van der Waals surface area contributed by atoms with Gasteiger partial charge in [-0.15, -0.1) is 12.3 Å². The van der Waals surface area contributed by atoms with Crippen molar-refractivity contribution in [2.24, 2.45) is 0 Å². The van der Waals surface area contributed by atoms with Gasteiger partial charge < -0.3 is 5.11 Å². The van der Waals surface area contributed by atoms with Gasteiger partial charge >= 0.3 is 0 Å². The maximum Gasteiger partial charge on any atom is 0.0909 e. The average molecular weight is 166 g/mol. The topological polar surface area (TPSA) is 20.2 Å². The first-order valence-corrected chi connectivity index (χ1v) is 4.34. The quantitative estimate of drug-likeness (QED) is 0.667. The maximum atomic E-state index is 9.45. The molecular formula is C9H10OS. The predicted octanol–water partition coefficient (Wildman–Crippen LogP) is 2.11. The second-order valence-corrected chi connectivity index (χ2v) is 3.18. The Labute approximate surface area is 70.7 Å². The average Bonchev–Trinajstić information content (AvgIpc) is 2.36. The van der Waals surface area contributed by atoms with Gasteiger partial charge in [-0.05, 0) is 28.8 Å². The van der Waals surface area contributed by atoms with Gasteiger partial charge in [0.25, 0.3) is 0 Å². The van der Waals surface area contributed by atoms with Crippen molar-refractivity contribution in [3.05, 3.63) is 21.9 Å². The molecule has 0 amide bonds. The van der Waals surface area contributed by atoms with E-state index in [9.17, 15) is 5.11 Å². The number of rotatable bonds is 2. The standard InChI is InChI=1S/C9H10OS/c1-3-4-9(10)8-6-11-5-7(8)2/h1,5-6,9-10H,4H2,2H3. The monoisotopic (exact) mass is 166 g/mol. The summed E-state index contributed by atoms with van der Waals surface area (Å²) in [6, 6.07) is 0. The largest absolute Gasteiger partial charge is 0.387 e. The highest BCUT2D eigenvalue weighted by Crippen LogP contribution is 2.23. The van der Waals surface area contributed by atoms with Crippen LogP contribution in [-0.2, 0) is 0 Å². The minimum absolute atomic E-state index is 0.400. The van der Waals surface area contributed by atoms with Crippen molar-refractivity contribution >= 4 is 11.3 Å². The lowest BCUT2D eigenvalue weighted by Gasteiger charge is -2.04. The van der Waals surface area contributed by atoms with E-state index in [1.807, 2.05) is 17.7 Å². The molecule has 0 radical (unpaired) electrons. The van der Waals surface area contributed by atoms with Crippen molar-refractivity contribution in [2.45, 2.75) is 19.4 Å². The zero-order chi connectivity index (χ0) is 8.27. The molecule has 1 unspecified atom stereocenters. The number of aryl methyl sites for hydroxylation is 1. The molecule has 0 saturated heterocycles. The van der Waals surface area contributed by atoms with Crippen molar-refractivity contribution in [3.8, 4) is 12.3 Å². The molecule has 1 rings (SSSR count). The zero-order valence-corrected chi connectivity index (χ0v) is 7.19. The van der Waals surface area contributed by atoms with Crippen LogP contribution in [0.1, 0.15) is 23.7 Å². The van der Waals surface area contributed by atoms with Crippen LogP contribution >= 0.6 is 11.3 Å². The molecule has 2 heteroatoms. The zero-order valence-electron chi connectivity index (χ0n) is 6.37. The van der Waals surface area contributed by atoms with Crippen LogP contribution in [0, 0.1) is 19.3 Å². The highest BCUT2D eigenvalue weighted by molar-refractivity contribution is 7.08. The summed E-state index contributed by atoms with van der Waals surface area (Å²) in [5, 5.41) is 13.4. The summed E-state index contributed by atoms with van der Waals surface area (Å²) >= 11 is 1.59. The van der Waals surface area contributed by atoms with E-state index in [1.165, 1.54) is 0 Å². The van der Waals surface area contributed by atoms with Crippen LogP contribution < -0.4 is 0 Å². The molecule has 0 bridgehead atoms. The molecule has 1 aromatic rings. The van der Waals surface area contributed by atoms with E-state index in [1.54, 1.807) is 11.3 Å². The van der Waals surface area contributed by atoms with Crippen LogP contribution in [0.2, 0.25) is 0 Å². The first-order chi connectivity index (χ1) is 5.25. The van der Waals surface area contributed by atoms with Crippen molar-refractivity contribution in [1.82, 2.24) is 0 Å². The van der Waals surface area contributed by atoms with E-state index >= 15 is 0 Å². The van der Waals surface area contributed by atoms with Gasteiger partial charge in [-0.3, -0.25) is 0 Å². The highest BCUT2D eigenvalue weighted by atomic mass is 32.1. The molecule has 1 N–H and O–H groups in total. The van der Waals surface area contributed by atoms with Gasteiger partial charge in [0, 0.05) is 6.42 Å². The third-order valence-corrected chi connectivity index (χ3v) is 2.45. The maximum absolute atomic E-state index is 9.45. The van der Waals surface area contributed by atoms with Crippen LogP contribution in [-0.4, -0.2) is 5.11 Å². The first-order valence-electron chi connectivity index (χ1n) is 3.40. The number of aliphatic hydroxyl groups is 1. The number of terminal acetylenes is 1. The second-order valence-electron chi connectivity index (χ2n) is 2.43. The number of aliphatic hydroxyl groups excluding tert-OH is 1. The summed E-state index contributed by atoms with van der Waals surface area (Å²) < 4.78 is 0. The fourth-order valence-electron chi connectivity index (χ4n) is 0.933. The molecule has 1 atom stereocenters. The molecular weight excluding hydrogens is 156 g/mol. The van der Waals surface area contributed by atoms with Crippen LogP contribution in [0.3, 0.4) is 0 Å². The van der Waals surface area contributed by atoms with Crippen LogP contribution in [0.5, 0.6) is 0 Å². The van der Waals surface area contributed by atoms with Crippen molar-refractivity contribution in [1.29, 1.82) is 0 Å². The molecule has 58 valence electrons. The van der Waals surface area contributed by atoms with Crippen molar-refractivity contribution < 1.29 is 5.11 Å². The van der Waals surface area contributed by atoms with E-state index in [2.05, 4.69) is 5.92 Å². The summed E-state index contributed by atoms with van der Waals surface area (Å²) in [4.78, 5) is 0. The summed E-state index contributed by atoms with van der Waals surface area (Å²) in [6.07, 6.45) is 5.00. The smallest absolute Gasteiger partial charge is 0.0909 e. The summed E-state index contributed by atoms with van der Waals surface area (Å²) in [5.74, 6) is 2.44. The molecule has 1 aromatic heterocycles. The number of hydrogen-bond donors (Lipinski definition) is 1. The highest BCUT2D eigenvalue weighted by Gasteiger charge is 2.08. The SMILES string of the molecule is C#CCC(O)c1cscc1C. The predicted molar refractivity (Wildman–Crippen MR) is 47.5 cm³/mol. The first kappa shape index (κ1) is 8.32. The molecule has 0 aromatic carbocycles. The molecule has 0 aliphatic carbocycles. The van der Waals surface area contributed by atoms with E-state index < -0.39 is 6.10 Å². The van der Waals surface area contributed by atoms with Gasteiger partial charge in [0.2, 0.25) is 0 Å². The molecule has 0 aliphatic heterocycles. The Balaban J connectivity index is 2.77. The molecule has 0 aliphatic rings. The van der Waals surface area contributed by atoms with Crippen molar-refractivity contribution in [2.75, 3.05) is 0 Å². The van der Waals surface area contributed by atoms with Gasteiger partial charge in [-0.25, -0.2) is 0 Å². The Morgan fingerprint density at radius 2 is 2.45 bits per heavy atom. The Morgan fingerprint density at radius 3 is 2.91 bits per heavy atom. The molecule has 11 heavy (non-hydrogen) atoms. The van der Waals surface area contributed by atoms with Crippen LogP contribution in [0.15, 0.2) is 10.8 Å². The normalized spacial score (nSPS) is 12.5. The van der Waals surface area contributed by atoms with Gasteiger partial charge in [0.15, 0.2) is 0 Å². The van der Waals surface area contributed by atoms with E-state index in [0.29, 0.717) is 6.42 Å². The third-order valence-electron chi connectivity index (χ3n) is 1.57. The van der Waals surface area contributed by atoms with Crippen molar-refractivity contribution in [3.63, 3.8) is 0 Å². The Morgan fingerprint density at radius 1 is 1.73 bits per heavy atom. The van der Waals surface area contributed by atoms with Gasteiger partial charge in [0.1, 0.15) is 0 Å². The Hall–Kier alpha value is -0.780. The molecule has 1 heterocycles. The minimum atomic E-state index is -0.480. The Bertz CT molecular complexity index is 269. The van der Waals surface area contributed by atoms with Gasteiger partial charge in [-0.2, -0.15) is 11.3 Å². The van der Waals surface area contributed by atoms with Crippen LogP contribution in [0.4, 0.5) is 0 Å². The third kappa shape index (κ3) is 1.83. The number of thiophene rings is 1. The second kappa shape index (κ2) is 3.56. The lowest BCUT2D eigenvalue weighted by atomic mass is 10.1. The van der Waals surface area contributed by atoms with Gasteiger partial charge in [0.05, 0.1) is 6.10 Å². The summed E-state index contributed by atoms with van der Waals surface area (Å²) in [6.45, 7) is 1.98. The fraction of sp³-hybridized carbons (Fsp3) is 0.333. The van der Waals surface area contributed by atoms with E-state index in [0.717, 1.165) is 11.1 Å². The molecule has 1 nitrogen and oxygen atoms in total. The number of hydrogen-bond acceptors (Lipinski definition) is 2. The molecule has 0 saturated carbocycles. The fourth-order valence-corrected chi connectivity index (χ4v) is 1.83. The van der Waals surface area contributed by atoms with E-state index in [4.69, 9.17) is 6.42 Å². The minimum Gasteiger partial charge on any atom is -0.387 e. The lowest BCUT2D eigenvalue weighted by molar-refractivity contribution is 0.184. The van der Waals surface area contributed by atoms with Gasteiger partial charge in [-0.1, -0.05) is 0 Å². The molecule has 0 fully saturated rings. The summed E-state index contributed by atoms with van der Waals surface area (Å²) in [5.41, 5.74) is 2.09. The molecule has 0 spiro atoms. The lowest BCUT2D eigenvalue weighted by Crippen LogP contribution is -1.95. The van der Waals surface area contributed by atoms with Crippen LogP contribution in [0.25, 0.3) is 0 Å². The van der Waals surface area contributed by atoms with E-state index in [-0.39, 0.29) is 0 Å². The summed E-state index contributed by atoms with van der Waals surface area (Å²) in [7, 11) is 0.